The molecule has 1 heterocycles. The monoisotopic (exact) mass is 168 g/mol. The van der Waals surface area contributed by atoms with Crippen molar-refractivity contribution in [2.45, 2.75) is 19.8 Å². The highest BCUT2D eigenvalue weighted by molar-refractivity contribution is 4.83. The van der Waals surface area contributed by atoms with E-state index in [-0.39, 0.29) is 0 Å². The van der Waals surface area contributed by atoms with E-state index < -0.39 is 0 Å². The Bertz CT molecular complexity index is 135. The summed E-state index contributed by atoms with van der Waals surface area (Å²) in [5.74, 6) is 0.784. The van der Waals surface area contributed by atoms with Gasteiger partial charge in [0.25, 0.3) is 0 Å². The van der Waals surface area contributed by atoms with Gasteiger partial charge < -0.3 is 5.73 Å². The van der Waals surface area contributed by atoms with E-state index in [1.807, 2.05) is 0 Å². The van der Waals surface area contributed by atoms with Crippen molar-refractivity contribution in [1.82, 2.24) is 4.90 Å². The van der Waals surface area contributed by atoms with Crippen LogP contribution in [-0.2, 0) is 0 Å². The second kappa shape index (κ2) is 5.33. The van der Waals surface area contributed by atoms with Crippen molar-refractivity contribution in [3.05, 3.63) is 12.2 Å². The van der Waals surface area contributed by atoms with Gasteiger partial charge in [-0.25, -0.2) is 0 Å². The average molecular weight is 168 g/mol. The summed E-state index contributed by atoms with van der Waals surface area (Å²) in [7, 11) is 0. The van der Waals surface area contributed by atoms with E-state index in [9.17, 15) is 0 Å². The lowest BCUT2D eigenvalue weighted by molar-refractivity contribution is 0.204. The Morgan fingerprint density at radius 3 is 2.58 bits per heavy atom. The summed E-state index contributed by atoms with van der Waals surface area (Å²) in [5.41, 5.74) is 5.62. The predicted octanol–water partition coefficient (Wildman–Crippen LogP) is 1.23. The molecule has 0 atom stereocenters. The van der Waals surface area contributed by atoms with Crippen LogP contribution in [0.25, 0.3) is 0 Å². The molecule has 0 aliphatic carbocycles. The van der Waals surface area contributed by atoms with Crippen molar-refractivity contribution in [1.29, 1.82) is 0 Å². The first-order valence-corrected chi connectivity index (χ1v) is 4.90. The van der Waals surface area contributed by atoms with E-state index in [1.165, 1.54) is 25.9 Å². The Kier molecular flexibility index (Phi) is 4.33. The molecular formula is C10H20N2. The summed E-state index contributed by atoms with van der Waals surface area (Å²) in [6.45, 7) is 6.52. The third kappa shape index (κ3) is 2.95. The van der Waals surface area contributed by atoms with Crippen molar-refractivity contribution in [2.75, 3.05) is 26.2 Å². The molecule has 0 aromatic rings. The van der Waals surface area contributed by atoms with Gasteiger partial charge in [0.2, 0.25) is 0 Å². The normalized spacial score (nSPS) is 22.2. The minimum atomic E-state index is 0.784. The quantitative estimate of drug-likeness (QED) is 0.642. The van der Waals surface area contributed by atoms with Gasteiger partial charge in [-0.05, 0) is 45.3 Å². The molecule has 2 N–H and O–H groups in total. The largest absolute Gasteiger partial charge is 0.330 e. The summed E-state index contributed by atoms with van der Waals surface area (Å²) in [5, 5.41) is 0. The smallest absolute Gasteiger partial charge is 0.0163 e. The Labute approximate surface area is 75.4 Å². The first kappa shape index (κ1) is 9.75. The topological polar surface area (TPSA) is 29.3 Å². The fraction of sp³-hybridized carbons (Fsp3) is 0.800. The summed E-state index contributed by atoms with van der Waals surface area (Å²) in [6.07, 6.45) is 6.92. The molecule has 0 unspecified atom stereocenters. The van der Waals surface area contributed by atoms with Crippen LogP contribution >= 0.6 is 0 Å². The summed E-state index contributed by atoms with van der Waals surface area (Å²) >= 11 is 0. The maximum absolute atomic E-state index is 5.62. The van der Waals surface area contributed by atoms with Gasteiger partial charge in [0.05, 0.1) is 0 Å². The maximum Gasteiger partial charge on any atom is 0.0163 e. The van der Waals surface area contributed by atoms with Gasteiger partial charge in [-0.2, -0.15) is 0 Å². The van der Waals surface area contributed by atoms with Crippen LogP contribution in [0.5, 0.6) is 0 Å². The zero-order valence-electron chi connectivity index (χ0n) is 8.00. The number of rotatable bonds is 3. The van der Waals surface area contributed by atoms with Gasteiger partial charge in [-0.1, -0.05) is 12.2 Å². The highest BCUT2D eigenvalue weighted by atomic mass is 15.1. The maximum atomic E-state index is 5.62. The number of hydrogen-bond donors (Lipinski definition) is 1. The Morgan fingerprint density at radius 2 is 2.08 bits per heavy atom. The summed E-state index contributed by atoms with van der Waals surface area (Å²) in [4.78, 5) is 2.49. The fourth-order valence-corrected chi connectivity index (χ4v) is 1.66. The Hall–Kier alpha value is -0.340. The molecule has 1 aliphatic rings. The van der Waals surface area contributed by atoms with Gasteiger partial charge in [-0.15, -0.1) is 0 Å². The molecule has 0 aromatic heterocycles. The van der Waals surface area contributed by atoms with E-state index in [0.29, 0.717) is 0 Å². The van der Waals surface area contributed by atoms with Crippen molar-refractivity contribution >= 4 is 0 Å². The van der Waals surface area contributed by atoms with Crippen LogP contribution in [0.15, 0.2) is 12.2 Å². The molecule has 0 radical (unpaired) electrons. The van der Waals surface area contributed by atoms with Gasteiger partial charge in [0.1, 0.15) is 0 Å². The van der Waals surface area contributed by atoms with Crippen molar-refractivity contribution < 1.29 is 0 Å². The second-order valence-electron chi connectivity index (χ2n) is 3.55. The number of nitrogens with two attached hydrogens (primary N) is 1. The number of nitrogens with zero attached hydrogens (tertiary/aromatic N) is 1. The third-order valence-corrected chi connectivity index (χ3v) is 2.64. The lowest BCUT2D eigenvalue weighted by Gasteiger charge is -2.30. The molecule has 1 rings (SSSR count). The highest BCUT2D eigenvalue weighted by Gasteiger charge is 2.16. The van der Waals surface area contributed by atoms with E-state index >= 15 is 0 Å². The molecule has 1 aliphatic heterocycles. The van der Waals surface area contributed by atoms with Crippen LogP contribution in [-0.4, -0.2) is 31.1 Å². The molecule has 0 bridgehead atoms. The van der Waals surface area contributed by atoms with Crippen LogP contribution in [0.2, 0.25) is 0 Å². The molecule has 70 valence electrons. The minimum absolute atomic E-state index is 0.784. The van der Waals surface area contributed by atoms with Crippen molar-refractivity contribution in [2.24, 2.45) is 11.7 Å². The standard InChI is InChI=1S/C10H20N2/c1-2-3-6-12-7-4-10(9-11)5-8-12/h2-3,10H,4-9,11H2,1H3. The van der Waals surface area contributed by atoms with Gasteiger partial charge in [0.15, 0.2) is 0 Å². The number of hydrogen-bond acceptors (Lipinski definition) is 2. The van der Waals surface area contributed by atoms with E-state index in [1.54, 1.807) is 0 Å². The van der Waals surface area contributed by atoms with E-state index in [2.05, 4.69) is 24.0 Å². The lowest BCUT2D eigenvalue weighted by atomic mass is 9.97. The first-order valence-electron chi connectivity index (χ1n) is 4.90. The third-order valence-electron chi connectivity index (χ3n) is 2.64. The average Bonchev–Trinajstić information content (AvgIpc) is 2.15. The number of likely N-dealkylation sites (tertiary alicyclic amines) is 1. The van der Waals surface area contributed by atoms with Crippen molar-refractivity contribution in [3.8, 4) is 0 Å². The van der Waals surface area contributed by atoms with Crippen LogP contribution < -0.4 is 5.73 Å². The van der Waals surface area contributed by atoms with Gasteiger partial charge in [-0.3, -0.25) is 4.90 Å². The number of allylic oxidation sites excluding steroid dienone is 1. The zero-order chi connectivity index (χ0) is 8.81. The van der Waals surface area contributed by atoms with E-state index in [0.717, 1.165) is 19.0 Å². The molecule has 1 fully saturated rings. The molecule has 0 amide bonds. The Balaban J connectivity index is 2.17. The fourth-order valence-electron chi connectivity index (χ4n) is 1.66. The molecule has 2 heteroatoms. The molecule has 12 heavy (non-hydrogen) atoms. The first-order chi connectivity index (χ1) is 5.86. The molecule has 1 saturated heterocycles. The molecular weight excluding hydrogens is 148 g/mol. The molecule has 2 nitrogen and oxygen atoms in total. The summed E-state index contributed by atoms with van der Waals surface area (Å²) in [6, 6.07) is 0. The SMILES string of the molecule is CC=CCN1CCC(CN)CC1. The van der Waals surface area contributed by atoms with Crippen LogP contribution in [0.1, 0.15) is 19.8 Å². The molecule has 0 spiro atoms. The molecule has 0 aromatic carbocycles. The Morgan fingerprint density at radius 1 is 1.42 bits per heavy atom. The summed E-state index contributed by atoms with van der Waals surface area (Å²) < 4.78 is 0. The van der Waals surface area contributed by atoms with Crippen LogP contribution in [0, 0.1) is 5.92 Å². The second-order valence-corrected chi connectivity index (χ2v) is 3.55. The number of piperidine rings is 1. The van der Waals surface area contributed by atoms with Crippen LogP contribution in [0.3, 0.4) is 0 Å². The lowest BCUT2D eigenvalue weighted by Crippen LogP contribution is -2.36. The predicted molar refractivity (Wildman–Crippen MR) is 53.0 cm³/mol. The highest BCUT2D eigenvalue weighted by Crippen LogP contribution is 2.15. The molecule has 0 saturated carbocycles. The minimum Gasteiger partial charge on any atom is -0.330 e. The van der Waals surface area contributed by atoms with E-state index in [4.69, 9.17) is 5.73 Å². The van der Waals surface area contributed by atoms with Gasteiger partial charge >= 0.3 is 0 Å². The van der Waals surface area contributed by atoms with Crippen LogP contribution in [0.4, 0.5) is 0 Å². The zero-order valence-corrected chi connectivity index (χ0v) is 8.00. The van der Waals surface area contributed by atoms with Gasteiger partial charge in [0, 0.05) is 6.54 Å². The van der Waals surface area contributed by atoms with Crippen molar-refractivity contribution in [3.63, 3.8) is 0 Å².